The number of Topliss-reactive ketones (excluding diaryl/α,β-unsaturated/α-hetero) is 2. The summed E-state index contributed by atoms with van der Waals surface area (Å²) in [4.78, 5) is 44.0. The molecule has 42 heavy (non-hydrogen) atoms. The standard InChI is InChI=1S/C35H34ClNO5/c1-34(2,3)24-16-19(17-25(33(24)41)35(4,5)6)10-15-28(38)42-27-9-7-8-20-11-14-26(37-30(20)27)29-31(39)22-13-12-21(36)18-23(22)32(29)40/h7-9,11-14,16-18,29,41H,10,15H2,1-6H3. The Morgan fingerprint density at radius 3 is 2.17 bits per heavy atom. The summed E-state index contributed by atoms with van der Waals surface area (Å²) in [5.41, 5.74) is 3.37. The van der Waals surface area contributed by atoms with E-state index < -0.39 is 11.9 Å². The molecular weight excluding hydrogens is 550 g/mol. The average molecular weight is 584 g/mol. The van der Waals surface area contributed by atoms with Crippen LogP contribution in [0.15, 0.2) is 60.7 Å². The quantitative estimate of drug-likeness (QED) is 0.146. The highest BCUT2D eigenvalue weighted by molar-refractivity contribution is 6.34. The first-order chi connectivity index (χ1) is 19.6. The number of ketones is 2. The van der Waals surface area contributed by atoms with E-state index in [0.29, 0.717) is 39.4 Å². The van der Waals surface area contributed by atoms with Crippen LogP contribution in [0, 0.1) is 0 Å². The zero-order valence-corrected chi connectivity index (χ0v) is 25.4. The lowest BCUT2D eigenvalue weighted by atomic mass is 9.78. The van der Waals surface area contributed by atoms with Crippen LogP contribution >= 0.6 is 11.6 Å². The highest BCUT2D eigenvalue weighted by Gasteiger charge is 2.40. The van der Waals surface area contributed by atoms with Crippen molar-refractivity contribution in [2.75, 3.05) is 0 Å². The van der Waals surface area contributed by atoms with E-state index in [0.717, 1.165) is 16.7 Å². The van der Waals surface area contributed by atoms with Crippen LogP contribution in [-0.2, 0) is 22.0 Å². The molecule has 1 heterocycles. The highest BCUT2D eigenvalue weighted by Crippen LogP contribution is 2.40. The molecule has 0 aliphatic heterocycles. The average Bonchev–Trinajstić information content (AvgIpc) is 3.15. The van der Waals surface area contributed by atoms with Gasteiger partial charge < -0.3 is 9.84 Å². The number of benzene rings is 3. The normalized spacial score (nSPS) is 15.3. The number of hydrogen-bond donors (Lipinski definition) is 1. The summed E-state index contributed by atoms with van der Waals surface area (Å²) in [6.45, 7) is 12.3. The number of rotatable bonds is 5. The zero-order chi connectivity index (χ0) is 30.6. The molecular formula is C35H34ClNO5. The number of phenolic OH excluding ortho intramolecular Hbond substituents is 1. The van der Waals surface area contributed by atoms with Crippen LogP contribution in [-0.4, -0.2) is 27.6 Å². The molecule has 1 N–H and O–H groups in total. The second-order valence-electron chi connectivity index (χ2n) is 12.9. The number of pyridine rings is 1. The molecule has 216 valence electrons. The largest absolute Gasteiger partial charge is 0.507 e. The second kappa shape index (κ2) is 10.7. The van der Waals surface area contributed by atoms with Crippen molar-refractivity contribution in [2.24, 2.45) is 0 Å². The molecule has 0 fully saturated rings. The minimum atomic E-state index is -1.07. The van der Waals surface area contributed by atoms with Gasteiger partial charge in [0.1, 0.15) is 17.2 Å². The molecule has 0 amide bonds. The van der Waals surface area contributed by atoms with Gasteiger partial charge in [-0.05, 0) is 64.3 Å². The van der Waals surface area contributed by atoms with Gasteiger partial charge in [-0.25, -0.2) is 4.98 Å². The van der Waals surface area contributed by atoms with Crippen molar-refractivity contribution in [3.63, 3.8) is 0 Å². The topological polar surface area (TPSA) is 93.6 Å². The molecule has 1 atom stereocenters. The molecule has 6 nitrogen and oxygen atoms in total. The highest BCUT2D eigenvalue weighted by atomic mass is 35.5. The first kappa shape index (κ1) is 29.5. The van der Waals surface area contributed by atoms with Gasteiger partial charge in [0.05, 0.1) is 5.69 Å². The Hall–Kier alpha value is -4.03. The minimum absolute atomic E-state index is 0.115. The molecule has 3 aromatic carbocycles. The zero-order valence-electron chi connectivity index (χ0n) is 24.7. The molecule has 1 unspecified atom stereocenters. The van der Waals surface area contributed by atoms with Crippen molar-refractivity contribution >= 4 is 40.0 Å². The Bertz CT molecular complexity index is 1720. The Balaban J connectivity index is 1.39. The molecule has 1 aliphatic rings. The van der Waals surface area contributed by atoms with Crippen LogP contribution in [0.1, 0.15) is 97.0 Å². The summed E-state index contributed by atoms with van der Waals surface area (Å²) in [5.74, 6) is -1.63. The molecule has 0 bridgehead atoms. The number of fused-ring (bicyclic) bond motifs is 2. The molecule has 4 aromatic rings. The Kier molecular flexibility index (Phi) is 7.48. The van der Waals surface area contributed by atoms with Crippen LogP contribution in [0.3, 0.4) is 0 Å². The maximum absolute atomic E-state index is 13.2. The molecule has 1 aromatic heterocycles. The molecule has 5 rings (SSSR count). The number of halogens is 1. The monoisotopic (exact) mass is 583 g/mol. The lowest BCUT2D eigenvalue weighted by Crippen LogP contribution is -2.18. The summed E-state index contributed by atoms with van der Waals surface area (Å²) in [5, 5.41) is 12.1. The van der Waals surface area contributed by atoms with E-state index in [1.807, 2.05) is 18.2 Å². The van der Waals surface area contributed by atoms with Crippen molar-refractivity contribution < 1.29 is 24.2 Å². The van der Waals surface area contributed by atoms with Gasteiger partial charge in [-0.15, -0.1) is 0 Å². The van der Waals surface area contributed by atoms with E-state index >= 15 is 0 Å². The smallest absolute Gasteiger partial charge is 0.311 e. The van der Waals surface area contributed by atoms with E-state index in [9.17, 15) is 19.5 Å². The van der Waals surface area contributed by atoms with E-state index in [-0.39, 0.29) is 40.1 Å². The Labute approximate surface area is 250 Å². The van der Waals surface area contributed by atoms with Gasteiger partial charge >= 0.3 is 5.97 Å². The number of aromatic hydroxyl groups is 1. The van der Waals surface area contributed by atoms with E-state index in [2.05, 4.69) is 46.5 Å². The third kappa shape index (κ3) is 5.56. The molecule has 1 aliphatic carbocycles. The van der Waals surface area contributed by atoms with Crippen LogP contribution in [0.5, 0.6) is 11.5 Å². The lowest BCUT2D eigenvalue weighted by Gasteiger charge is -2.28. The van der Waals surface area contributed by atoms with Gasteiger partial charge in [0.2, 0.25) is 0 Å². The van der Waals surface area contributed by atoms with Gasteiger partial charge in [0.25, 0.3) is 0 Å². The lowest BCUT2D eigenvalue weighted by molar-refractivity contribution is -0.134. The summed E-state index contributed by atoms with van der Waals surface area (Å²) in [6, 6.07) is 17.3. The number of phenols is 1. The Morgan fingerprint density at radius 2 is 1.52 bits per heavy atom. The summed E-state index contributed by atoms with van der Waals surface area (Å²) in [6.07, 6.45) is 0.546. The molecule has 0 saturated carbocycles. The van der Waals surface area contributed by atoms with Crippen molar-refractivity contribution in [1.82, 2.24) is 4.98 Å². The number of nitrogens with zero attached hydrogens (tertiary/aromatic N) is 1. The molecule has 0 saturated heterocycles. The first-order valence-electron chi connectivity index (χ1n) is 14.0. The Morgan fingerprint density at radius 1 is 0.881 bits per heavy atom. The molecule has 0 radical (unpaired) electrons. The number of ether oxygens (including phenoxy) is 1. The fourth-order valence-corrected chi connectivity index (χ4v) is 5.59. The predicted octanol–water partition coefficient (Wildman–Crippen LogP) is 7.89. The molecule has 0 spiro atoms. The van der Waals surface area contributed by atoms with E-state index in [1.54, 1.807) is 36.4 Å². The van der Waals surface area contributed by atoms with Crippen molar-refractivity contribution in [3.05, 3.63) is 99.2 Å². The maximum Gasteiger partial charge on any atom is 0.311 e. The fourth-order valence-electron chi connectivity index (χ4n) is 5.41. The van der Waals surface area contributed by atoms with Crippen LogP contribution < -0.4 is 4.74 Å². The van der Waals surface area contributed by atoms with Gasteiger partial charge in [-0.1, -0.05) is 83.5 Å². The number of hydrogen-bond acceptors (Lipinski definition) is 6. The van der Waals surface area contributed by atoms with Gasteiger partial charge in [-0.2, -0.15) is 0 Å². The maximum atomic E-state index is 13.2. The number of para-hydroxylation sites is 1. The third-order valence-corrected chi connectivity index (χ3v) is 7.90. The number of carbonyl (C=O) groups is 3. The number of carbonyl (C=O) groups excluding carboxylic acids is 3. The van der Waals surface area contributed by atoms with Crippen molar-refractivity contribution in [2.45, 2.75) is 71.1 Å². The van der Waals surface area contributed by atoms with Crippen LogP contribution in [0.2, 0.25) is 5.02 Å². The van der Waals surface area contributed by atoms with Gasteiger partial charge in [0, 0.05) is 28.0 Å². The number of esters is 1. The first-order valence-corrected chi connectivity index (χ1v) is 14.4. The van der Waals surface area contributed by atoms with Crippen molar-refractivity contribution in [3.8, 4) is 11.5 Å². The van der Waals surface area contributed by atoms with E-state index in [1.165, 1.54) is 6.07 Å². The van der Waals surface area contributed by atoms with Gasteiger partial charge in [-0.3, -0.25) is 14.4 Å². The van der Waals surface area contributed by atoms with Crippen LogP contribution in [0.25, 0.3) is 10.9 Å². The summed E-state index contributed by atoms with van der Waals surface area (Å²) < 4.78 is 5.78. The van der Waals surface area contributed by atoms with E-state index in [4.69, 9.17) is 16.3 Å². The second-order valence-corrected chi connectivity index (χ2v) is 13.4. The number of aryl methyl sites for hydroxylation is 1. The predicted molar refractivity (Wildman–Crippen MR) is 164 cm³/mol. The van der Waals surface area contributed by atoms with Crippen molar-refractivity contribution in [1.29, 1.82) is 0 Å². The minimum Gasteiger partial charge on any atom is -0.507 e. The fraction of sp³-hybridized carbons (Fsp3) is 0.314. The SMILES string of the molecule is CC(C)(C)c1cc(CCC(=O)Oc2cccc3ccc(C4C(=O)c5ccc(Cl)cc5C4=O)nc23)cc(C(C)(C)C)c1O. The third-order valence-electron chi connectivity index (χ3n) is 7.66. The summed E-state index contributed by atoms with van der Waals surface area (Å²) >= 11 is 6.07. The molecule has 7 heteroatoms. The summed E-state index contributed by atoms with van der Waals surface area (Å²) in [7, 11) is 0. The van der Waals surface area contributed by atoms with Gasteiger partial charge in [0.15, 0.2) is 17.3 Å². The van der Waals surface area contributed by atoms with Crippen LogP contribution in [0.4, 0.5) is 0 Å². The number of aromatic nitrogens is 1.